The minimum absolute atomic E-state index is 0.0424. The number of hydrogen-bond acceptors (Lipinski definition) is 3. The predicted molar refractivity (Wildman–Crippen MR) is 68.9 cm³/mol. The molecule has 0 radical (unpaired) electrons. The number of Topliss-reactive ketones (excluding diaryl/α,β-unsaturated/α-hetero) is 1. The predicted octanol–water partition coefficient (Wildman–Crippen LogP) is 2.81. The Bertz CT molecular complexity index is 419. The van der Waals surface area contributed by atoms with Gasteiger partial charge in [-0.2, -0.15) is 0 Å². The average molecular weight is 248 g/mol. The maximum Gasteiger partial charge on any atom is 0.334 e. The van der Waals surface area contributed by atoms with Gasteiger partial charge in [0.05, 0.1) is 0 Å². The Kier molecular flexibility index (Phi) is 3.69. The molecular formula is C15H20O3. The minimum Gasteiger partial charge on any atom is -0.458 e. The molecule has 1 aliphatic carbocycles. The number of allylic oxidation sites excluding steroid dienone is 2. The third-order valence-corrected chi connectivity index (χ3v) is 4.03. The number of rotatable bonds is 0. The molecular weight excluding hydrogens is 228 g/mol. The molecule has 3 atom stereocenters. The zero-order chi connectivity index (χ0) is 13.3. The van der Waals surface area contributed by atoms with Crippen molar-refractivity contribution in [3.8, 4) is 0 Å². The second-order valence-corrected chi connectivity index (χ2v) is 5.50. The molecule has 0 unspecified atom stereocenters. The highest BCUT2D eigenvalue weighted by molar-refractivity contribution is 5.95. The fourth-order valence-electron chi connectivity index (χ4n) is 2.68. The molecule has 2 rings (SSSR count). The molecule has 0 amide bonds. The summed E-state index contributed by atoms with van der Waals surface area (Å²) in [5, 5.41) is 0. The van der Waals surface area contributed by atoms with E-state index in [1.165, 1.54) is 0 Å². The summed E-state index contributed by atoms with van der Waals surface area (Å²) in [5.41, 5.74) is 1.36. The van der Waals surface area contributed by atoms with Gasteiger partial charge in [0.25, 0.3) is 0 Å². The van der Waals surface area contributed by atoms with E-state index < -0.39 is 0 Å². The zero-order valence-corrected chi connectivity index (χ0v) is 11.1. The van der Waals surface area contributed by atoms with Gasteiger partial charge in [0.15, 0.2) is 5.78 Å². The van der Waals surface area contributed by atoms with Crippen LogP contribution in [0.4, 0.5) is 0 Å². The summed E-state index contributed by atoms with van der Waals surface area (Å²) in [5.74, 6) is 0.386. The molecule has 0 aromatic heterocycles. The van der Waals surface area contributed by atoms with Crippen molar-refractivity contribution in [2.75, 3.05) is 0 Å². The Morgan fingerprint density at radius 2 is 2.11 bits per heavy atom. The number of ketones is 1. The summed E-state index contributed by atoms with van der Waals surface area (Å²) in [6.07, 6.45) is 4.84. The van der Waals surface area contributed by atoms with E-state index >= 15 is 0 Å². The molecule has 0 aromatic rings. The van der Waals surface area contributed by atoms with Crippen molar-refractivity contribution < 1.29 is 14.3 Å². The molecule has 0 N–H and O–H groups in total. The summed E-state index contributed by atoms with van der Waals surface area (Å²) in [6, 6.07) is 0. The fraction of sp³-hybridized carbons (Fsp3) is 0.600. The summed E-state index contributed by atoms with van der Waals surface area (Å²) in [4.78, 5) is 23.4. The molecule has 1 aliphatic heterocycles. The highest BCUT2D eigenvalue weighted by atomic mass is 16.6. The highest BCUT2D eigenvalue weighted by Crippen LogP contribution is 2.35. The van der Waals surface area contributed by atoms with Gasteiger partial charge in [0.1, 0.15) is 6.10 Å². The number of esters is 1. The normalized spacial score (nSPS) is 36.7. The number of fused-ring (bicyclic) bond motifs is 1. The van der Waals surface area contributed by atoms with Crippen LogP contribution in [0.5, 0.6) is 0 Å². The molecule has 98 valence electrons. The number of hydrogen-bond donors (Lipinski definition) is 0. The Hall–Kier alpha value is -1.38. The summed E-state index contributed by atoms with van der Waals surface area (Å²) < 4.78 is 5.39. The molecule has 0 aromatic carbocycles. The van der Waals surface area contributed by atoms with E-state index in [1.54, 1.807) is 0 Å². The maximum atomic E-state index is 11.8. The van der Waals surface area contributed by atoms with Crippen LogP contribution >= 0.6 is 0 Å². The van der Waals surface area contributed by atoms with Gasteiger partial charge in [-0.05, 0) is 37.7 Å². The van der Waals surface area contributed by atoms with Gasteiger partial charge in [-0.25, -0.2) is 4.79 Å². The molecule has 1 heterocycles. The van der Waals surface area contributed by atoms with Crippen molar-refractivity contribution in [2.24, 2.45) is 11.8 Å². The third-order valence-electron chi connectivity index (χ3n) is 4.03. The first kappa shape index (κ1) is 13.1. The first-order valence-electron chi connectivity index (χ1n) is 6.58. The second-order valence-electron chi connectivity index (χ2n) is 5.50. The van der Waals surface area contributed by atoms with E-state index in [0.29, 0.717) is 24.3 Å². The van der Waals surface area contributed by atoms with Gasteiger partial charge in [0, 0.05) is 17.9 Å². The number of ether oxygens (including phenoxy) is 1. The smallest absolute Gasteiger partial charge is 0.334 e. The van der Waals surface area contributed by atoms with Gasteiger partial charge in [-0.3, -0.25) is 4.79 Å². The van der Waals surface area contributed by atoms with E-state index in [9.17, 15) is 9.59 Å². The number of carbonyl (C=O) groups is 2. The van der Waals surface area contributed by atoms with E-state index in [0.717, 1.165) is 18.4 Å². The highest BCUT2D eigenvalue weighted by Gasteiger charge is 2.38. The molecule has 3 heteroatoms. The van der Waals surface area contributed by atoms with Crippen molar-refractivity contribution >= 4 is 11.8 Å². The van der Waals surface area contributed by atoms with Gasteiger partial charge in [0.2, 0.25) is 0 Å². The van der Waals surface area contributed by atoms with Crippen LogP contribution in [0.2, 0.25) is 0 Å². The molecule has 0 saturated carbocycles. The maximum absolute atomic E-state index is 11.8. The van der Waals surface area contributed by atoms with Crippen molar-refractivity contribution in [2.45, 2.75) is 45.6 Å². The third kappa shape index (κ3) is 2.55. The average Bonchev–Trinajstić information content (AvgIpc) is 2.58. The Labute approximate surface area is 108 Å². The summed E-state index contributed by atoms with van der Waals surface area (Å²) in [7, 11) is 0. The second kappa shape index (κ2) is 5.09. The van der Waals surface area contributed by atoms with Crippen molar-refractivity contribution in [1.29, 1.82) is 0 Å². The van der Waals surface area contributed by atoms with Crippen molar-refractivity contribution in [3.63, 3.8) is 0 Å². The quantitative estimate of drug-likeness (QED) is 0.489. The molecule has 1 fully saturated rings. The SMILES string of the molecule is C=C1C(=O)O[C@@H]2C[C@H](C)CCC(=O)/C(C)=C\C[C@H]12. The molecule has 0 spiro atoms. The van der Waals surface area contributed by atoms with Crippen LogP contribution in [-0.4, -0.2) is 17.9 Å². The molecule has 18 heavy (non-hydrogen) atoms. The summed E-state index contributed by atoms with van der Waals surface area (Å²) in [6.45, 7) is 7.79. The Balaban J connectivity index is 2.23. The monoisotopic (exact) mass is 248 g/mol. The topological polar surface area (TPSA) is 43.4 Å². The van der Waals surface area contributed by atoms with Gasteiger partial charge < -0.3 is 4.74 Å². The zero-order valence-electron chi connectivity index (χ0n) is 11.1. The van der Waals surface area contributed by atoms with Crippen LogP contribution in [0, 0.1) is 11.8 Å². The van der Waals surface area contributed by atoms with Crippen LogP contribution in [0.15, 0.2) is 23.8 Å². The largest absolute Gasteiger partial charge is 0.458 e. The Morgan fingerprint density at radius 3 is 2.83 bits per heavy atom. The first-order chi connectivity index (χ1) is 8.49. The number of carbonyl (C=O) groups excluding carboxylic acids is 2. The minimum atomic E-state index is -0.270. The molecule has 2 aliphatic rings. The van der Waals surface area contributed by atoms with E-state index in [-0.39, 0.29) is 23.8 Å². The van der Waals surface area contributed by atoms with Gasteiger partial charge >= 0.3 is 5.97 Å². The molecule has 1 saturated heterocycles. The van der Waals surface area contributed by atoms with Crippen LogP contribution in [0.3, 0.4) is 0 Å². The van der Waals surface area contributed by atoms with E-state index in [1.807, 2.05) is 13.0 Å². The lowest BCUT2D eigenvalue weighted by atomic mass is 9.84. The lowest BCUT2D eigenvalue weighted by molar-refractivity contribution is -0.139. The molecule has 3 nitrogen and oxygen atoms in total. The van der Waals surface area contributed by atoms with Crippen LogP contribution < -0.4 is 0 Å². The van der Waals surface area contributed by atoms with E-state index in [4.69, 9.17) is 4.74 Å². The van der Waals surface area contributed by atoms with Crippen LogP contribution in [0.25, 0.3) is 0 Å². The van der Waals surface area contributed by atoms with Crippen molar-refractivity contribution in [3.05, 3.63) is 23.8 Å². The van der Waals surface area contributed by atoms with Crippen molar-refractivity contribution in [1.82, 2.24) is 0 Å². The van der Waals surface area contributed by atoms with Crippen LogP contribution in [0.1, 0.15) is 39.5 Å². The van der Waals surface area contributed by atoms with Gasteiger partial charge in [-0.1, -0.05) is 19.6 Å². The van der Waals surface area contributed by atoms with E-state index in [2.05, 4.69) is 13.5 Å². The standard InChI is InChI=1S/C15H20O3/c1-9-4-7-13(16)10(2)5-6-12-11(3)15(17)18-14(12)8-9/h5,9,12,14H,3-4,6-8H2,1-2H3/b10-5-/t9-,12-,14-/m1/s1. The fourth-order valence-corrected chi connectivity index (χ4v) is 2.68. The molecule has 0 bridgehead atoms. The van der Waals surface area contributed by atoms with Crippen LogP contribution in [-0.2, 0) is 14.3 Å². The lowest BCUT2D eigenvalue weighted by Gasteiger charge is -2.21. The summed E-state index contributed by atoms with van der Waals surface area (Å²) >= 11 is 0. The lowest BCUT2D eigenvalue weighted by Crippen LogP contribution is -2.21. The van der Waals surface area contributed by atoms with Gasteiger partial charge in [-0.15, -0.1) is 0 Å². The first-order valence-corrected chi connectivity index (χ1v) is 6.58. The Morgan fingerprint density at radius 1 is 1.39 bits per heavy atom.